The molecule has 3 aliphatic rings. The minimum atomic E-state index is -0.773. The van der Waals surface area contributed by atoms with E-state index in [0.717, 1.165) is 35.7 Å². The molecule has 1 aromatic carbocycles. The van der Waals surface area contributed by atoms with Crippen LogP contribution >= 0.6 is 15.9 Å². The van der Waals surface area contributed by atoms with Gasteiger partial charge in [0.1, 0.15) is 0 Å². The van der Waals surface area contributed by atoms with Crippen LogP contribution < -0.4 is 9.47 Å². The molecule has 1 heterocycles. The van der Waals surface area contributed by atoms with Crippen molar-refractivity contribution in [2.45, 2.75) is 43.9 Å². The Hall–Kier alpha value is -1.23. The van der Waals surface area contributed by atoms with Crippen molar-refractivity contribution in [2.24, 2.45) is 5.41 Å². The van der Waals surface area contributed by atoms with Crippen molar-refractivity contribution < 1.29 is 19.4 Å². The summed E-state index contributed by atoms with van der Waals surface area (Å²) in [6.45, 7) is 1.35. The number of carbonyl (C=O) groups is 1. The first kappa shape index (κ1) is 14.4. The van der Waals surface area contributed by atoms with Gasteiger partial charge in [0.05, 0.1) is 23.1 Å². The number of halogens is 1. The monoisotopic (exact) mass is 366 g/mol. The van der Waals surface area contributed by atoms with Crippen LogP contribution in [0.15, 0.2) is 16.6 Å². The smallest absolute Gasteiger partial charge is 0.314 e. The maximum absolute atomic E-state index is 11.9. The number of rotatable bonds is 2. The molecule has 2 aliphatic carbocycles. The van der Waals surface area contributed by atoms with Crippen molar-refractivity contribution in [1.82, 2.24) is 0 Å². The van der Waals surface area contributed by atoms with Crippen LogP contribution in [0.5, 0.6) is 11.5 Å². The first-order valence-electron chi connectivity index (χ1n) is 7.88. The molecule has 118 valence electrons. The quantitative estimate of drug-likeness (QED) is 0.862. The zero-order chi connectivity index (χ0) is 15.4. The van der Waals surface area contributed by atoms with E-state index in [1.165, 1.54) is 0 Å². The molecular formula is C17H19BrO4. The summed E-state index contributed by atoms with van der Waals surface area (Å²) in [5.74, 6) is 0.664. The molecule has 22 heavy (non-hydrogen) atoms. The van der Waals surface area contributed by atoms with Gasteiger partial charge in [-0.1, -0.05) is 12.8 Å². The lowest BCUT2D eigenvalue weighted by Gasteiger charge is -2.25. The minimum Gasteiger partial charge on any atom is -0.489 e. The average molecular weight is 367 g/mol. The fourth-order valence-electron chi connectivity index (χ4n) is 3.66. The van der Waals surface area contributed by atoms with Crippen LogP contribution in [0.2, 0.25) is 0 Å². The lowest BCUT2D eigenvalue weighted by molar-refractivity contribution is -0.143. The number of hydrogen-bond acceptors (Lipinski definition) is 3. The Morgan fingerprint density at radius 2 is 1.77 bits per heavy atom. The molecule has 0 radical (unpaired) electrons. The largest absolute Gasteiger partial charge is 0.489 e. The summed E-state index contributed by atoms with van der Waals surface area (Å²) in [6, 6.07) is 3.80. The van der Waals surface area contributed by atoms with Gasteiger partial charge < -0.3 is 14.6 Å². The van der Waals surface area contributed by atoms with E-state index >= 15 is 0 Å². The van der Waals surface area contributed by atoms with Gasteiger partial charge >= 0.3 is 5.97 Å². The third kappa shape index (κ3) is 2.13. The molecule has 1 aromatic rings. The molecule has 0 bridgehead atoms. The van der Waals surface area contributed by atoms with E-state index in [4.69, 9.17) is 9.47 Å². The molecule has 4 nitrogen and oxygen atoms in total. The summed E-state index contributed by atoms with van der Waals surface area (Å²) < 4.78 is 12.7. The Balaban J connectivity index is 1.75. The molecule has 0 aromatic heterocycles. The molecule has 2 fully saturated rings. The number of benzene rings is 1. The van der Waals surface area contributed by atoms with E-state index < -0.39 is 11.4 Å². The molecule has 2 saturated carbocycles. The minimum absolute atomic E-state index is 0.177. The summed E-state index contributed by atoms with van der Waals surface area (Å²) >= 11 is 3.55. The van der Waals surface area contributed by atoms with E-state index in [2.05, 4.69) is 15.9 Å². The molecular weight excluding hydrogens is 348 g/mol. The van der Waals surface area contributed by atoms with E-state index in [-0.39, 0.29) is 5.41 Å². The van der Waals surface area contributed by atoms with Crippen molar-refractivity contribution in [1.29, 1.82) is 0 Å². The highest BCUT2D eigenvalue weighted by Crippen LogP contribution is 2.52. The molecule has 0 amide bonds. The molecule has 0 atom stereocenters. The van der Waals surface area contributed by atoms with Gasteiger partial charge in [-0.05, 0) is 59.3 Å². The summed E-state index contributed by atoms with van der Waals surface area (Å²) in [5.41, 5.74) is 0.236. The molecule has 1 aliphatic heterocycles. The summed E-state index contributed by atoms with van der Waals surface area (Å²) in [4.78, 5) is 11.9. The molecule has 0 saturated heterocycles. The Bertz CT molecular complexity index is 630. The topological polar surface area (TPSA) is 55.8 Å². The van der Waals surface area contributed by atoms with Crippen molar-refractivity contribution in [2.75, 3.05) is 13.2 Å². The number of carboxylic acids is 1. The highest BCUT2D eigenvalue weighted by Gasteiger charge is 2.47. The number of fused-ring (bicyclic) bond motifs is 1. The normalized spacial score (nSPS) is 24.0. The third-order valence-corrected chi connectivity index (χ3v) is 6.03. The number of carboxylic acid groups (broad SMARTS) is 1. The zero-order valence-electron chi connectivity index (χ0n) is 12.4. The number of aliphatic carboxylic acids is 1. The van der Waals surface area contributed by atoms with Gasteiger partial charge in [-0.3, -0.25) is 4.79 Å². The van der Waals surface area contributed by atoms with Crippen LogP contribution in [-0.2, 0) is 10.2 Å². The first-order chi connectivity index (χ1) is 10.5. The van der Waals surface area contributed by atoms with Crippen molar-refractivity contribution in [3.8, 4) is 11.5 Å². The van der Waals surface area contributed by atoms with Crippen molar-refractivity contribution in [3.63, 3.8) is 0 Å². The molecule has 4 rings (SSSR count). The van der Waals surface area contributed by atoms with E-state index in [9.17, 15) is 9.90 Å². The molecule has 5 heteroatoms. The Morgan fingerprint density at radius 3 is 2.41 bits per heavy atom. The number of ether oxygens (including phenoxy) is 2. The average Bonchev–Trinajstić information content (AvgIpc) is 3.13. The lowest BCUT2D eigenvalue weighted by atomic mass is 9.79. The van der Waals surface area contributed by atoms with E-state index in [0.29, 0.717) is 37.6 Å². The predicted molar refractivity (Wildman–Crippen MR) is 84.6 cm³/mol. The maximum atomic E-state index is 11.9. The van der Waals surface area contributed by atoms with Gasteiger partial charge in [0, 0.05) is 5.41 Å². The van der Waals surface area contributed by atoms with Gasteiger partial charge in [0.25, 0.3) is 0 Å². The fourth-order valence-corrected chi connectivity index (χ4v) is 4.22. The highest BCUT2D eigenvalue weighted by molar-refractivity contribution is 9.10. The van der Waals surface area contributed by atoms with Gasteiger partial charge in [-0.15, -0.1) is 0 Å². The Labute approximate surface area is 137 Å². The Kier molecular flexibility index (Phi) is 3.19. The van der Waals surface area contributed by atoms with E-state index in [1.54, 1.807) is 0 Å². The summed E-state index contributed by atoms with van der Waals surface area (Å²) in [5, 5.41) is 9.77. The van der Waals surface area contributed by atoms with Crippen molar-refractivity contribution >= 4 is 21.9 Å². The van der Waals surface area contributed by atoms with E-state index in [1.807, 2.05) is 12.1 Å². The first-order valence-corrected chi connectivity index (χ1v) is 8.67. The second kappa shape index (κ2) is 4.88. The molecule has 1 N–H and O–H groups in total. The van der Waals surface area contributed by atoms with Crippen LogP contribution in [0, 0.1) is 5.41 Å². The lowest BCUT2D eigenvalue weighted by Crippen LogP contribution is -2.32. The second-order valence-electron chi connectivity index (χ2n) is 6.96. The summed E-state index contributed by atoms with van der Waals surface area (Å²) in [7, 11) is 0. The Morgan fingerprint density at radius 1 is 1.09 bits per heavy atom. The predicted octanol–water partition coefficient (Wildman–Crippen LogP) is 3.90. The second-order valence-corrected chi connectivity index (χ2v) is 7.81. The van der Waals surface area contributed by atoms with Gasteiger partial charge in [0.15, 0.2) is 11.5 Å². The van der Waals surface area contributed by atoms with Gasteiger partial charge in [-0.2, -0.15) is 0 Å². The molecule has 0 unspecified atom stereocenters. The zero-order valence-corrected chi connectivity index (χ0v) is 13.9. The fraction of sp³-hybridized carbons (Fsp3) is 0.588. The van der Waals surface area contributed by atoms with Crippen LogP contribution in [0.1, 0.15) is 44.1 Å². The van der Waals surface area contributed by atoms with Crippen LogP contribution in [0.4, 0.5) is 0 Å². The van der Waals surface area contributed by atoms with Crippen LogP contribution in [0.25, 0.3) is 0 Å². The molecule has 1 spiro atoms. The standard InChI is InChI=1S/C17H19BrO4/c18-12-7-11(17(15(19)20)3-1-2-4-17)8-13-14(12)22-10-16(5-6-16)9-21-13/h7-8H,1-6,9-10H2,(H,19,20). The van der Waals surface area contributed by atoms with Gasteiger partial charge in [0.2, 0.25) is 0 Å². The van der Waals surface area contributed by atoms with Crippen LogP contribution in [-0.4, -0.2) is 24.3 Å². The highest BCUT2D eigenvalue weighted by atomic mass is 79.9. The number of hydrogen-bond donors (Lipinski definition) is 1. The van der Waals surface area contributed by atoms with Crippen molar-refractivity contribution in [3.05, 3.63) is 22.2 Å². The third-order valence-electron chi connectivity index (χ3n) is 5.44. The van der Waals surface area contributed by atoms with Gasteiger partial charge in [-0.25, -0.2) is 0 Å². The summed E-state index contributed by atoms with van der Waals surface area (Å²) in [6.07, 6.45) is 5.59. The van der Waals surface area contributed by atoms with Crippen LogP contribution in [0.3, 0.4) is 0 Å². The SMILES string of the molecule is O=C(O)C1(c2cc(Br)c3c(c2)OCC2(CC2)CO3)CCCC1. The maximum Gasteiger partial charge on any atom is 0.314 e.